The normalized spacial score (nSPS) is 18.4. The zero-order valence-electron chi connectivity index (χ0n) is 23.2. The van der Waals surface area contributed by atoms with Crippen LogP contribution in [-0.2, 0) is 17.5 Å². The van der Waals surface area contributed by atoms with Gasteiger partial charge in [0.15, 0.2) is 0 Å². The molecule has 0 aromatic heterocycles. The molecule has 4 nitrogen and oxygen atoms in total. The number of cyclic esters (lactones) is 1. The number of methoxy groups -OCH3 is 1. The van der Waals surface area contributed by atoms with E-state index in [1.807, 2.05) is 25.1 Å². The molecule has 2 atom stereocenters. The van der Waals surface area contributed by atoms with Crippen molar-refractivity contribution in [3.05, 3.63) is 87.7 Å². The van der Waals surface area contributed by atoms with Gasteiger partial charge in [0.25, 0.3) is 0 Å². The molecule has 0 saturated carbocycles. The van der Waals surface area contributed by atoms with E-state index in [1.165, 1.54) is 18.1 Å². The van der Waals surface area contributed by atoms with E-state index in [9.17, 15) is 22.4 Å². The fourth-order valence-corrected chi connectivity index (χ4v) is 4.92. The molecule has 0 spiro atoms. The summed E-state index contributed by atoms with van der Waals surface area (Å²) < 4.78 is 74.6. The van der Waals surface area contributed by atoms with Crippen molar-refractivity contribution in [2.45, 2.75) is 65.4 Å². The predicted molar refractivity (Wildman–Crippen MR) is 138 cm³/mol. The monoisotopic (exact) mass is 530 g/mol. The van der Waals surface area contributed by atoms with Crippen molar-refractivity contribution < 1.29 is 33.2 Å². The number of benzene rings is 3. The van der Waals surface area contributed by atoms with Crippen molar-refractivity contribution in [3.8, 4) is 16.9 Å². The number of hydrogen-bond acceptors (Lipinski definition) is 3. The number of amides is 1. The van der Waals surface area contributed by atoms with Gasteiger partial charge in [-0.15, -0.1) is 0 Å². The highest BCUT2D eigenvalue weighted by molar-refractivity contribution is 5.76. The van der Waals surface area contributed by atoms with Gasteiger partial charge in [-0.2, -0.15) is 13.2 Å². The number of aryl methyl sites for hydroxylation is 2. The third-order valence-corrected chi connectivity index (χ3v) is 6.87. The van der Waals surface area contributed by atoms with Crippen molar-refractivity contribution in [1.29, 1.82) is 0 Å². The summed E-state index contributed by atoms with van der Waals surface area (Å²) >= 11 is 0. The molecule has 3 aromatic rings. The maximum Gasteiger partial charge on any atom is 0.416 e. The molecule has 1 fully saturated rings. The van der Waals surface area contributed by atoms with Crippen molar-refractivity contribution in [3.63, 3.8) is 0 Å². The maximum atomic E-state index is 14.8. The molecule has 202 valence electrons. The summed E-state index contributed by atoms with van der Waals surface area (Å²) in [6, 6.07) is 11.6. The Morgan fingerprint density at radius 1 is 1.05 bits per heavy atom. The van der Waals surface area contributed by atoms with Gasteiger partial charge in [0.1, 0.15) is 17.7 Å². The molecule has 1 saturated heterocycles. The third kappa shape index (κ3) is 5.35. The van der Waals surface area contributed by atoms with Crippen molar-refractivity contribution in [2.24, 2.45) is 0 Å². The lowest BCUT2D eigenvalue weighted by Crippen LogP contribution is -2.31. The predicted octanol–water partition coefficient (Wildman–Crippen LogP) is 8.34. The van der Waals surface area contributed by atoms with E-state index in [0.29, 0.717) is 16.7 Å². The first kappa shape index (κ1) is 26.1. The molecule has 4 rings (SSSR count). The minimum atomic E-state index is -4.52. The van der Waals surface area contributed by atoms with Gasteiger partial charge in [-0.25, -0.2) is 9.18 Å². The van der Waals surface area contributed by atoms with Crippen molar-refractivity contribution in [1.82, 2.24) is 4.90 Å². The van der Waals surface area contributed by atoms with Crippen LogP contribution in [0.15, 0.2) is 48.5 Å². The van der Waals surface area contributed by atoms with E-state index >= 15 is 0 Å². The van der Waals surface area contributed by atoms with Crippen LogP contribution in [0.25, 0.3) is 11.1 Å². The van der Waals surface area contributed by atoms with Crippen LogP contribution >= 0.6 is 0 Å². The first-order valence-electron chi connectivity index (χ1n) is 12.7. The molecular formula is C30H31F4NO3. The van der Waals surface area contributed by atoms with Crippen LogP contribution in [0.1, 0.15) is 67.5 Å². The van der Waals surface area contributed by atoms with Crippen LogP contribution < -0.4 is 4.74 Å². The Morgan fingerprint density at radius 2 is 1.76 bits per heavy atom. The molecule has 0 unspecified atom stereocenters. The molecule has 1 amide bonds. The van der Waals surface area contributed by atoms with Gasteiger partial charge in [-0.3, -0.25) is 4.90 Å². The van der Waals surface area contributed by atoms with Gasteiger partial charge in [-0.1, -0.05) is 49.2 Å². The molecule has 1 heterocycles. The molecule has 0 N–H and O–H groups in total. The zero-order valence-corrected chi connectivity index (χ0v) is 22.2. The number of nitrogens with zero attached hydrogens (tertiary/aromatic N) is 1. The average molecular weight is 531 g/mol. The highest BCUT2D eigenvalue weighted by Gasteiger charge is 2.41. The second-order valence-electron chi connectivity index (χ2n) is 10.00. The van der Waals surface area contributed by atoms with Gasteiger partial charge in [0, 0.05) is 13.0 Å². The molecule has 3 aromatic carbocycles. The molecule has 1 aliphatic heterocycles. The fourth-order valence-electron chi connectivity index (χ4n) is 4.92. The molecule has 8 heteroatoms. The van der Waals surface area contributed by atoms with Crippen LogP contribution in [0.4, 0.5) is 22.4 Å². The molecule has 0 radical (unpaired) electrons. The number of alkyl halides is 3. The second-order valence-corrected chi connectivity index (χ2v) is 10.00. The first-order valence-corrected chi connectivity index (χ1v) is 12.2. The van der Waals surface area contributed by atoms with E-state index in [2.05, 4.69) is 0 Å². The molecule has 0 bridgehead atoms. The number of halogens is 4. The third-order valence-electron chi connectivity index (χ3n) is 6.87. The summed E-state index contributed by atoms with van der Waals surface area (Å²) in [7, 11) is 1.43. The number of carbonyl (C=O) groups is 1. The van der Waals surface area contributed by atoms with Crippen molar-refractivity contribution in [2.75, 3.05) is 7.11 Å². The summed E-state index contributed by atoms with van der Waals surface area (Å²) in [5, 5.41) is 0. The fraction of sp³-hybridized carbons (Fsp3) is 0.367. The van der Waals surface area contributed by atoms with Gasteiger partial charge in [0.05, 0.1) is 25.3 Å². The Hall–Kier alpha value is -3.55. The SMILES string of the molecule is [2H]C(C)(C)c1cc(-c2ccc(C)cc2CN2C(=O)O[C@H](c3cc(C)cc(C(F)(F)F)c3)[C@@H]2C)c(OC)cc1F. The zero-order chi connectivity index (χ0) is 28.9. The number of hydrogen-bond donors (Lipinski definition) is 0. The summed E-state index contributed by atoms with van der Waals surface area (Å²) in [4.78, 5) is 14.5. The van der Waals surface area contributed by atoms with Crippen LogP contribution in [-0.4, -0.2) is 24.1 Å². The van der Waals surface area contributed by atoms with Crippen molar-refractivity contribution >= 4 is 6.09 Å². The van der Waals surface area contributed by atoms with Gasteiger partial charge in [-0.05, 0) is 67.1 Å². The van der Waals surface area contributed by atoms with Crippen LogP contribution in [0.2, 0.25) is 0 Å². The van der Waals surface area contributed by atoms with E-state index < -0.39 is 41.7 Å². The Bertz CT molecular complexity index is 1410. The second kappa shape index (κ2) is 10.3. The van der Waals surface area contributed by atoms with Crippen LogP contribution in [0, 0.1) is 19.7 Å². The van der Waals surface area contributed by atoms with Crippen LogP contribution in [0.5, 0.6) is 5.75 Å². The summed E-state index contributed by atoms with van der Waals surface area (Å²) in [5.74, 6) is -1.49. The smallest absolute Gasteiger partial charge is 0.416 e. The van der Waals surface area contributed by atoms with Crippen LogP contribution in [0.3, 0.4) is 0 Å². The minimum absolute atomic E-state index is 0.103. The van der Waals surface area contributed by atoms with Gasteiger partial charge < -0.3 is 9.47 Å². The Balaban J connectivity index is 1.74. The standard InChI is InChI=1S/C30H31F4NO3/c1-16(2)24-13-25(27(37-6)14-26(24)31)23-8-7-17(3)9-21(23)15-35-19(5)28(38-29(35)36)20-10-18(4)11-22(12-20)30(32,33)34/h7-14,16,19,28H,15H2,1-6H3/t19-,28-/m0/s1/i16D. The lowest BCUT2D eigenvalue weighted by Gasteiger charge is -2.24. The molecular weight excluding hydrogens is 498 g/mol. The quantitative estimate of drug-likeness (QED) is 0.301. The highest BCUT2D eigenvalue weighted by Crippen LogP contribution is 2.40. The lowest BCUT2D eigenvalue weighted by atomic mass is 9.92. The largest absolute Gasteiger partial charge is 0.496 e. The Morgan fingerprint density at radius 3 is 2.39 bits per heavy atom. The highest BCUT2D eigenvalue weighted by atomic mass is 19.4. The van der Waals surface area contributed by atoms with E-state index in [1.54, 1.807) is 39.8 Å². The van der Waals surface area contributed by atoms with Gasteiger partial charge in [0.2, 0.25) is 0 Å². The lowest BCUT2D eigenvalue weighted by molar-refractivity contribution is -0.137. The molecule has 0 aliphatic carbocycles. The Kier molecular flexibility index (Phi) is 7.07. The average Bonchev–Trinajstić information content (AvgIpc) is 3.11. The summed E-state index contributed by atoms with van der Waals surface area (Å²) in [5.41, 5.74) is 2.97. The van der Waals surface area contributed by atoms with E-state index in [-0.39, 0.29) is 23.4 Å². The maximum absolute atomic E-state index is 14.8. The summed E-state index contributed by atoms with van der Waals surface area (Å²) in [6.45, 7) is 8.49. The number of ether oxygens (including phenoxy) is 2. The topological polar surface area (TPSA) is 38.8 Å². The first-order chi connectivity index (χ1) is 18.1. The molecule has 38 heavy (non-hydrogen) atoms. The van der Waals surface area contributed by atoms with Gasteiger partial charge >= 0.3 is 12.3 Å². The number of rotatable bonds is 6. The Labute approximate surface area is 221 Å². The summed E-state index contributed by atoms with van der Waals surface area (Å²) in [6.07, 6.45) is -6.05. The number of carbonyl (C=O) groups excluding carboxylic acids is 1. The minimum Gasteiger partial charge on any atom is -0.496 e. The molecule has 1 aliphatic rings. The van der Waals surface area contributed by atoms with E-state index in [0.717, 1.165) is 23.3 Å². The van der Waals surface area contributed by atoms with E-state index in [4.69, 9.17) is 10.8 Å².